The van der Waals surface area contributed by atoms with E-state index in [1.165, 1.54) is 12.1 Å². The average molecular weight is 270 g/mol. The van der Waals surface area contributed by atoms with Crippen molar-refractivity contribution in [2.75, 3.05) is 0 Å². The highest BCUT2D eigenvalue weighted by molar-refractivity contribution is 5.89. The van der Waals surface area contributed by atoms with Crippen LogP contribution in [0.4, 0.5) is 13.2 Å². The van der Waals surface area contributed by atoms with E-state index >= 15 is 0 Å². The first-order valence-corrected chi connectivity index (χ1v) is 5.50. The van der Waals surface area contributed by atoms with Crippen molar-refractivity contribution in [2.45, 2.75) is 32.5 Å². The lowest BCUT2D eigenvalue weighted by atomic mass is 10.1. The number of hydrogen-bond donors (Lipinski definition) is 0. The summed E-state index contributed by atoms with van der Waals surface area (Å²) in [4.78, 5) is 11.3. The van der Waals surface area contributed by atoms with Crippen LogP contribution in [-0.2, 0) is 15.7 Å². The number of alkyl halides is 3. The van der Waals surface area contributed by atoms with Crippen LogP contribution in [0.1, 0.15) is 31.9 Å². The summed E-state index contributed by atoms with van der Waals surface area (Å²) in [5.74, 6) is 3.96. The van der Waals surface area contributed by atoms with Gasteiger partial charge in [-0.1, -0.05) is 5.92 Å². The zero-order valence-electron chi connectivity index (χ0n) is 10.8. The summed E-state index contributed by atoms with van der Waals surface area (Å²) in [6.07, 6.45) is -4.38. The van der Waals surface area contributed by atoms with Crippen LogP contribution >= 0.6 is 0 Å². The Morgan fingerprint density at radius 2 is 1.63 bits per heavy atom. The second-order valence-corrected chi connectivity index (χ2v) is 4.83. The van der Waals surface area contributed by atoms with Crippen molar-refractivity contribution >= 4 is 5.97 Å². The van der Waals surface area contributed by atoms with Gasteiger partial charge in [-0.2, -0.15) is 13.2 Å². The van der Waals surface area contributed by atoms with Gasteiger partial charge in [0.15, 0.2) is 0 Å². The van der Waals surface area contributed by atoms with E-state index in [9.17, 15) is 18.0 Å². The highest BCUT2D eigenvalue weighted by atomic mass is 19.4. The number of esters is 1. The Balaban J connectivity index is 2.77. The molecule has 0 heterocycles. The molecule has 0 atom stereocenters. The molecule has 0 aliphatic rings. The molecule has 2 nitrogen and oxygen atoms in total. The Labute approximate surface area is 109 Å². The molecule has 0 bridgehead atoms. The zero-order valence-corrected chi connectivity index (χ0v) is 10.8. The van der Waals surface area contributed by atoms with E-state index in [0.717, 1.165) is 12.1 Å². The number of rotatable bonds is 0. The Morgan fingerprint density at radius 1 is 1.11 bits per heavy atom. The summed E-state index contributed by atoms with van der Waals surface area (Å²) in [6, 6.07) is 4.25. The molecule has 0 N–H and O–H groups in total. The van der Waals surface area contributed by atoms with Gasteiger partial charge in [-0.25, -0.2) is 4.79 Å². The van der Waals surface area contributed by atoms with Gasteiger partial charge in [0, 0.05) is 11.5 Å². The van der Waals surface area contributed by atoms with Gasteiger partial charge >= 0.3 is 12.1 Å². The smallest absolute Gasteiger partial charge is 0.416 e. The van der Waals surface area contributed by atoms with Crippen LogP contribution in [-0.4, -0.2) is 11.6 Å². The summed E-state index contributed by atoms with van der Waals surface area (Å²) in [5.41, 5.74) is -1.08. The van der Waals surface area contributed by atoms with E-state index in [0.29, 0.717) is 5.56 Å². The van der Waals surface area contributed by atoms with Gasteiger partial charge in [-0.15, -0.1) is 0 Å². The molecule has 0 amide bonds. The lowest BCUT2D eigenvalue weighted by Gasteiger charge is -2.16. The Bertz CT molecular complexity index is 511. The molecule has 102 valence electrons. The van der Waals surface area contributed by atoms with E-state index in [4.69, 9.17) is 4.74 Å². The molecule has 0 spiro atoms. The van der Waals surface area contributed by atoms with Gasteiger partial charge in [-0.05, 0) is 45.0 Å². The summed E-state index contributed by atoms with van der Waals surface area (Å²) < 4.78 is 41.9. The normalized spacial score (nSPS) is 11.5. The molecule has 1 aromatic rings. The first-order valence-electron chi connectivity index (χ1n) is 5.50. The zero-order chi connectivity index (χ0) is 14.7. The number of halogens is 3. The van der Waals surface area contributed by atoms with E-state index in [1.54, 1.807) is 20.8 Å². The van der Waals surface area contributed by atoms with Gasteiger partial charge in [-0.3, -0.25) is 0 Å². The lowest BCUT2D eigenvalue weighted by Crippen LogP contribution is -2.22. The lowest BCUT2D eigenvalue weighted by molar-refractivity contribution is -0.147. The fourth-order valence-corrected chi connectivity index (χ4v) is 1.17. The Morgan fingerprint density at radius 3 is 2.05 bits per heavy atom. The van der Waals surface area contributed by atoms with Crippen LogP contribution in [0.5, 0.6) is 0 Å². The molecule has 0 aliphatic heterocycles. The molecular formula is C14H13F3O2. The predicted molar refractivity (Wildman–Crippen MR) is 64.2 cm³/mol. The fraction of sp³-hybridized carbons (Fsp3) is 0.357. The van der Waals surface area contributed by atoms with Gasteiger partial charge in [0.25, 0.3) is 0 Å². The molecule has 0 saturated carbocycles. The Hall–Kier alpha value is -1.96. The molecule has 0 fully saturated rings. The van der Waals surface area contributed by atoms with E-state index in [1.807, 2.05) is 0 Å². The van der Waals surface area contributed by atoms with Crippen LogP contribution < -0.4 is 0 Å². The SMILES string of the molecule is CC(C)(C)OC(=O)C#Cc1ccc(C(F)(F)F)cc1. The first-order chi connectivity index (χ1) is 8.58. The molecule has 0 unspecified atom stereocenters. The minimum Gasteiger partial charge on any atom is -0.450 e. The average Bonchev–Trinajstić information content (AvgIpc) is 2.23. The highest BCUT2D eigenvalue weighted by Gasteiger charge is 2.29. The molecule has 1 rings (SSSR count). The molecule has 5 heteroatoms. The molecule has 0 radical (unpaired) electrons. The van der Waals surface area contributed by atoms with Crippen LogP contribution in [0.25, 0.3) is 0 Å². The van der Waals surface area contributed by atoms with Crippen LogP contribution in [0.2, 0.25) is 0 Å². The van der Waals surface area contributed by atoms with Crippen LogP contribution in [0.3, 0.4) is 0 Å². The second kappa shape index (κ2) is 5.35. The molecule has 19 heavy (non-hydrogen) atoms. The van der Waals surface area contributed by atoms with Crippen molar-refractivity contribution in [3.8, 4) is 11.8 Å². The van der Waals surface area contributed by atoms with Crippen molar-refractivity contribution in [1.29, 1.82) is 0 Å². The number of ether oxygens (including phenoxy) is 1. The molecule has 1 aromatic carbocycles. The van der Waals surface area contributed by atoms with Gasteiger partial charge < -0.3 is 4.74 Å². The molecule has 0 aromatic heterocycles. The van der Waals surface area contributed by atoms with Gasteiger partial charge in [0.2, 0.25) is 0 Å². The fourth-order valence-electron chi connectivity index (χ4n) is 1.17. The van der Waals surface area contributed by atoms with Gasteiger partial charge in [0.05, 0.1) is 5.56 Å². The van der Waals surface area contributed by atoms with Crippen molar-refractivity contribution < 1.29 is 22.7 Å². The minimum atomic E-state index is -4.38. The minimum absolute atomic E-state index is 0.318. The molecular weight excluding hydrogens is 257 g/mol. The standard InChI is InChI=1S/C14H13F3O2/c1-13(2,3)19-12(18)9-6-10-4-7-11(8-5-10)14(15,16)17/h4-5,7-8H,1-3H3. The van der Waals surface area contributed by atoms with Crippen LogP contribution in [0, 0.1) is 11.8 Å². The van der Waals surface area contributed by atoms with E-state index in [-0.39, 0.29) is 0 Å². The summed E-state index contributed by atoms with van der Waals surface area (Å²) in [7, 11) is 0. The van der Waals surface area contributed by atoms with Crippen molar-refractivity contribution in [3.63, 3.8) is 0 Å². The second-order valence-electron chi connectivity index (χ2n) is 4.83. The monoisotopic (exact) mass is 270 g/mol. The number of benzene rings is 1. The number of hydrogen-bond acceptors (Lipinski definition) is 2. The van der Waals surface area contributed by atoms with E-state index < -0.39 is 23.3 Å². The van der Waals surface area contributed by atoms with Crippen molar-refractivity contribution in [1.82, 2.24) is 0 Å². The maximum absolute atomic E-state index is 12.3. The third kappa shape index (κ3) is 5.47. The quantitative estimate of drug-likeness (QED) is 0.533. The largest absolute Gasteiger partial charge is 0.450 e. The van der Waals surface area contributed by atoms with Crippen LogP contribution in [0.15, 0.2) is 24.3 Å². The predicted octanol–water partition coefficient (Wildman–Crippen LogP) is 3.40. The van der Waals surface area contributed by atoms with Gasteiger partial charge in [0.1, 0.15) is 5.60 Å². The number of carbonyl (C=O) groups is 1. The van der Waals surface area contributed by atoms with Crippen molar-refractivity contribution in [2.24, 2.45) is 0 Å². The maximum Gasteiger partial charge on any atom is 0.416 e. The third-order valence-corrected chi connectivity index (χ3v) is 1.92. The van der Waals surface area contributed by atoms with Crippen molar-refractivity contribution in [3.05, 3.63) is 35.4 Å². The summed E-state index contributed by atoms with van der Waals surface area (Å²) in [6.45, 7) is 5.10. The Kier molecular flexibility index (Phi) is 4.25. The third-order valence-electron chi connectivity index (χ3n) is 1.92. The molecule has 0 aliphatic carbocycles. The van der Waals surface area contributed by atoms with E-state index in [2.05, 4.69) is 11.8 Å². The highest BCUT2D eigenvalue weighted by Crippen LogP contribution is 2.28. The summed E-state index contributed by atoms with van der Waals surface area (Å²) >= 11 is 0. The summed E-state index contributed by atoms with van der Waals surface area (Å²) in [5, 5.41) is 0. The molecule has 0 saturated heterocycles. The topological polar surface area (TPSA) is 26.3 Å². The number of carbonyl (C=O) groups excluding carboxylic acids is 1. The first kappa shape index (κ1) is 15.1. The maximum atomic E-state index is 12.3.